The van der Waals surface area contributed by atoms with Crippen LogP contribution in [0.25, 0.3) is 0 Å². The lowest BCUT2D eigenvalue weighted by molar-refractivity contribution is -0.136. The van der Waals surface area contributed by atoms with Gasteiger partial charge in [0.1, 0.15) is 18.4 Å². The van der Waals surface area contributed by atoms with E-state index in [-0.39, 0.29) is 24.2 Å². The molecular weight excluding hydrogens is 792 g/mol. The summed E-state index contributed by atoms with van der Waals surface area (Å²) in [5, 5.41) is 12.2. The van der Waals surface area contributed by atoms with Crippen LogP contribution in [0.5, 0.6) is 5.75 Å². The van der Waals surface area contributed by atoms with Gasteiger partial charge in [0, 0.05) is 61.0 Å². The summed E-state index contributed by atoms with van der Waals surface area (Å²) in [6, 6.07) is 22.5. The number of fused-ring (bicyclic) bond motifs is 1. The second-order valence-electron chi connectivity index (χ2n) is 17.6. The fraction of sp³-hybridized carbons (Fsp3) is 0.426. The number of nitrogens with one attached hydrogen (secondary N) is 1. The van der Waals surface area contributed by atoms with Crippen LogP contribution in [0.15, 0.2) is 72.9 Å². The van der Waals surface area contributed by atoms with Crippen molar-refractivity contribution < 1.29 is 23.9 Å². The molecule has 4 saturated heterocycles. The Morgan fingerprint density at radius 3 is 2.23 bits per heavy atom. The van der Waals surface area contributed by atoms with E-state index < -0.39 is 23.8 Å². The fourth-order valence-electron chi connectivity index (χ4n) is 9.80. The summed E-state index contributed by atoms with van der Waals surface area (Å²) in [7, 11) is 0. The molecule has 0 spiro atoms. The van der Waals surface area contributed by atoms with Gasteiger partial charge in [-0.15, -0.1) is 0 Å². The topological polar surface area (TPSA) is 152 Å². The Kier molecular flexibility index (Phi) is 11.0. The Balaban J connectivity index is 0.718. The van der Waals surface area contributed by atoms with E-state index in [0.717, 1.165) is 91.2 Å². The highest BCUT2D eigenvalue weighted by molar-refractivity contribution is 6.30. The molecule has 61 heavy (non-hydrogen) atoms. The Bertz CT molecular complexity index is 2410. The van der Waals surface area contributed by atoms with Crippen molar-refractivity contribution in [2.45, 2.75) is 76.5 Å². The number of nitrogens with zero attached hydrogens (tertiary/aromatic N) is 7. The third kappa shape index (κ3) is 8.07. The van der Waals surface area contributed by atoms with Crippen molar-refractivity contribution in [2.24, 2.45) is 11.8 Å². The standard InChI is InChI=1S/C47H49ClN8O5/c1-47(2,33-21-29(25-49)22-34(48)23-33)32-3-6-38(7-4-32)61-28-35-11-16-50-46(51-35)54-19-14-31(15-20-54)30-12-17-53(18-13-30)37-26-55(27-37)36-5-8-39-40(24-36)45(60)56(44(39)59)41-9-10-42(57)52-43(41)58/h3-8,11,16,21-24,30-31,37,41H,9-10,12-15,17-20,26-28H2,1-2H3,(H,52,57,58). The third-order valence-electron chi connectivity index (χ3n) is 13.6. The first-order valence-electron chi connectivity index (χ1n) is 21.3. The average Bonchev–Trinajstić information content (AvgIpc) is 3.50. The van der Waals surface area contributed by atoms with Gasteiger partial charge in [0.15, 0.2) is 0 Å². The molecule has 14 heteroatoms. The van der Waals surface area contributed by atoms with Crippen molar-refractivity contribution in [3.05, 3.63) is 111 Å². The molecule has 1 N–H and O–H groups in total. The van der Waals surface area contributed by atoms with E-state index in [1.165, 1.54) is 12.8 Å². The predicted octanol–water partition coefficient (Wildman–Crippen LogP) is 6.12. The number of nitriles is 1. The van der Waals surface area contributed by atoms with Gasteiger partial charge in [-0.3, -0.25) is 34.3 Å². The number of ether oxygens (including phenoxy) is 1. The highest BCUT2D eigenvalue weighted by atomic mass is 35.5. The maximum absolute atomic E-state index is 13.3. The first-order chi connectivity index (χ1) is 29.4. The highest BCUT2D eigenvalue weighted by Crippen LogP contribution is 2.38. The molecule has 6 heterocycles. The van der Waals surface area contributed by atoms with E-state index >= 15 is 0 Å². The van der Waals surface area contributed by atoms with Crippen LogP contribution < -0.4 is 19.9 Å². The number of imide groups is 2. The molecule has 4 fully saturated rings. The number of benzene rings is 3. The van der Waals surface area contributed by atoms with E-state index in [0.29, 0.717) is 46.2 Å². The number of rotatable bonds is 10. The molecule has 0 radical (unpaired) electrons. The first kappa shape index (κ1) is 40.6. The van der Waals surface area contributed by atoms with Crippen molar-refractivity contribution >= 4 is 46.9 Å². The zero-order valence-electron chi connectivity index (χ0n) is 34.5. The molecule has 9 rings (SSSR count). The maximum atomic E-state index is 13.3. The van der Waals surface area contributed by atoms with Crippen molar-refractivity contribution in [1.29, 1.82) is 5.26 Å². The molecule has 314 valence electrons. The Hall–Kier alpha value is -5.84. The van der Waals surface area contributed by atoms with Gasteiger partial charge in [-0.05, 0) is 123 Å². The van der Waals surface area contributed by atoms with Gasteiger partial charge in [0.2, 0.25) is 17.8 Å². The van der Waals surface area contributed by atoms with Gasteiger partial charge in [-0.1, -0.05) is 37.6 Å². The third-order valence-corrected chi connectivity index (χ3v) is 13.9. The maximum Gasteiger partial charge on any atom is 0.262 e. The fourth-order valence-corrected chi connectivity index (χ4v) is 10.0. The van der Waals surface area contributed by atoms with Crippen LogP contribution in [0.1, 0.15) is 95.5 Å². The van der Waals surface area contributed by atoms with Crippen LogP contribution >= 0.6 is 11.6 Å². The summed E-state index contributed by atoms with van der Waals surface area (Å²) in [6.45, 7) is 10.3. The summed E-state index contributed by atoms with van der Waals surface area (Å²) < 4.78 is 6.15. The van der Waals surface area contributed by atoms with Gasteiger partial charge >= 0.3 is 0 Å². The predicted molar refractivity (Wildman–Crippen MR) is 229 cm³/mol. The number of carbonyl (C=O) groups is 4. The molecule has 1 unspecified atom stereocenters. The lowest BCUT2D eigenvalue weighted by Gasteiger charge is -2.49. The molecule has 4 amide bonds. The van der Waals surface area contributed by atoms with Crippen molar-refractivity contribution in [2.75, 3.05) is 49.1 Å². The molecule has 5 aliphatic heterocycles. The molecule has 1 atom stereocenters. The molecule has 0 saturated carbocycles. The number of carbonyl (C=O) groups excluding carboxylic acids is 4. The number of anilines is 2. The molecule has 5 aliphatic rings. The smallest absolute Gasteiger partial charge is 0.262 e. The summed E-state index contributed by atoms with van der Waals surface area (Å²) >= 11 is 6.31. The minimum Gasteiger partial charge on any atom is -0.487 e. The number of hydrogen-bond acceptors (Lipinski definition) is 11. The summed E-state index contributed by atoms with van der Waals surface area (Å²) in [5.41, 5.74) is 4.63. The Morgan fingerprint density at radius 2 is 1.52 bits per heavy atom. The van der Waals surface area contributed by atoms with Crippen LogP contribution in [0, 0.1) is 23.2 Å². The van der Waals surface area contributed by atoms with Crippen LogP contribution in [-0.4, -0.2) is 94.7 Å². The molecule has 0 bridgehead atoms. The molecule has 1 aromatic heterocycles. The monoisotopic (exact) mass is 840 g/mol. The second kappa shape index (κ2) is 16.6. The van der Waals surface area contributed by atoms with Gasteiger partial charge < -0.3 is 14.5 Å². The van der Waals surface area contributed by atoms with Gasteiger partial charge in [-0.2, -0.15) is 5.26 Å². The van der Waals surface area contributed by atoms with E-state index in [9.17, 15) is 24.4 Å². The largest absolute Gasteiger partial charge is 0.487 e. The minimum atomic E-state index is -0.963. The second-order valence-corrected chi connectivity index (χ2v) is 18.0. The molecular formula is C47H49ClN8O5. The SMILES string of the molecule is CC(C)(c1ccc(OCc2ccnc(N3CCC(C4CCN(C5CN(c6ccc7c(c6)C(=O)N(C6CCC(=O)NC6=O)C7=O)C5)CC4)CC3)n2)cc1)c1cc(Cl)cc(C#N)c1. The van der Waals surface area contributed by atoms with Crippen LogP contribution in [0.4, 0.5) is 11.6 Å². The van der Waals surface area contributed by atoms with E-state index in [4.69, 9.17) is 21.3 Å². The van der Waals surface area contributed by atoms with Crippen molar-refractivity contribution in [3.8, 4) is 11.8 Å². The van der Waals surface area contributed by atoms with E-state index in [1.54, 1.807) is 18.2 Å². The molecule has 4 aromatic rings. The van der Waals surface area contributed by atoms with Gasteiger partial charge in [-0.25, -0.2) is 9.97 Å². The first-order valence-corrected chi connectivity index (χ1v) is 21.7. The van der Waals surface area contributed by atoms with E-state index in [2.05, 4.69) is 57.0 Å². The van der Waals surface area contributed by atoms with Crippen LogP contribution in [0.3, 0.4) is 0 Å². The zero-order chi connectivity index (χ0) is 42.4. The average molecular weight is 841 g/mol. The number of likely N-dealkylation sites (tertiary alicyclic amines) is 1. The molecule has 13 nitrogen and oxygen atoms in total. The Morgan fingerprint density at radius 1 is 0.820 bits per heavy atom. The van der Waals surface area contributed by atoms with Crippen LogP contribution in [0.2, 0.25) is 5.02 Å². The van der Waals surface area contributed by atoms with E-state index in [1.807, 2.05) is 42.6 Å². The normalized spacial score (nSPS) is 20.7. The molecule has 0 aliphatic carbocycles. The number of halogens is 1. The van der Waals surface area contributed by atoms with Crippen LogP contribution in [-0.2, 0) is 21.6 Å². The highest BCUT2D eigenvalue weighted by Gasteiger charge is 2.45. The van der Waals surface area contributed by atoms with Gasteiger partial charge in [0.25, 0.3) is 11.8 Å². The lowest BCUT2D eigenvalue weighted by Crippen LogP contribution is -2.61. The molecule has 3 aromatic carbocycles. The quantitative estimate of drug-likeness (QED) is 0.184. The number of piperidine rings is 3. The summed E-state index contributed by atoms with van der Waals surface area (Å²) in [6.07, 6.45) is 6.70. The minimum absolute atomic E-state index is 0.0994. The summed E-state index contributed by atoms with van der Waals surface area (Å²) in [4.78, 5) is 68.2. The van der Waals surface area contributed by atoms with Gasteiger partial charge in [0.05, 0.1) is 28.5 Å². The lowest BCUT2D eigenvalue weighted by atomic mass is 9.78. The number of amides is 4. The van der Waals surface area contributed by atoms with Crippen molar-refractivity contribution in [3.63, 3.8) is 0 Å². The zero-order valence-corrected chi connectivity index (χ0v) is 35.2. The number of aromatic nitrogens is 2. The summed E-state index contributed by atoms with van der Waals surface area (Å²) in [5.74, 6) is 0.971. The number of hydrogen-bond donors (Lipinski definition) is 1. The Labute approximate surface area is 360 Å². The van der Waals surface area contributed by atoms with Crippen molar-refractivity contribution in [1.82, 2.24) is 25.1 Å².